The van der Waals surface area contributed by atoms with E-state index in [1.165, 1.54) is 0 Å². The fourth-order valence-corrected chi connectivity index (χ4v) is 1.65. The zero-order chi connectivity index (χ0) is 9.97. The number of aryl methyl sites for hydroxylation is 1. The fourth-order valence-electron chi connectivity index (χ4n) is 1.44. The molecule has 1 heterocycles. The largest absolute Gasteiger partial charge is 0.342 e. The standard InChI is InChI=1S/C10H12ClN3/c11-7-3-1-4-8-10(7)14-9(13-8)5-2-6-12/h1,3-4H,2,5-6,12H2,(H,13,14). The van der Waals surface area contributed by atoms with Gasteiger partial charge >= 0.3 is 0 Å². The molecule has 0 unspecified atom stereocenters. The van der Waals surface area contributed by atoms with Gasteiger partial charge in [-0.25, -0.2) is 4.98 Å². The number of benzene rings is 1. The summed E-state index contributed by atoms with van der Waals surface area (Å²) in [6.45, 7) is 0.685. The van der Waals surface area contributed by atoms with Crippen molar-refractivity contribution in [2.24, 2.45) is 5.73 Å². The van der Waals surface area contributed by atoms with Crippen LogP contribution in [0.5, 0.6) is 0 Å². The Morgan fingerprint density at radius 1 is 1.43 bits per heavy atom. The Balaban J connectivity index is 2.36. The molecule has 0 radical (unpaired) electrons. The lowest BCUT2D eigenvalue weighted by atomic mass is 10.3. The van der Waals surface area contributed by atoms with E-state index in [1.54, 1.807) is 0 Å². The number of nitrogens with one attached hydrogen (secondary N) is 1. The molecule has 0 saturated heterocycles. The molecule has 0 fully saturated rings. The Bertz CT molecular complexity index is 436. The summed E-state index contributed by atoms with van der Waals surface area (Å²) in [6, 6.07) is 5.73. The molecule has 4 heteroatoms. The predicted molar refractivity (Wildman–Crippen MR) is 58.5 cm³/mol. The SMILES string of the molecule is NCCCc1nc2c(Cl)cccc2[nH]1. The number of rotatable bonds is 3. The van der Waals surface area contributed by atoms with Gasteiger partial charge in [0.25, 0.3) is 0 Å². The van der Waals surface area contributed by atoms with Crippen LogP contribution in [-0.2, 0) is 6.42 Å². The van der Waals surface area contributed by atoms with Gasteiger partial charge in [-0.05, 0) is 25.1 Å². The van der Waals surface area contributed by atoms with E-state index in [2.05, 4.69) is 9.97 Å². The number of imidazole rings is 1. The molecule has 0 aliphatic heterocycles. The van der Waals surface area contributed by atoms with E-state index in [0.29, 0.717) is 11.6 Å². The quantitative estimate of drug-likeness (QED) is 0.814. The van der Waals surface area contributed by atoms with Crippen LogP contribution in [0.15, 0.2) is 18.2 Å². The van der Waals surface area contributed by atoms with Crippen LogP contribution >= 0.6 is 11.6 Å². The summed E-state index contributed by atoms with van der Waals surface area (Å²) in [5, 5.41) is 0.692. The van der Waals surface area contributed by atoms with Gasteiger partial charge in [0.1, 0.15) is 11.3 Å². The Labute approximate surface area is 87.3 Å². The van der Waals surface area contributed by atoms with Gasteiger partial charge in [-0.2, -0.15) is 0 Å². The van der Waals surface area contributed by atoms with Gasteiger partial charge in [0.05, 0.1) is 10.5 Å². The summed E-state index contributed by atoms with van der Waals surface area (Å²) in [7, 11) is 0. The number of aromatic nitrogens is 2. The zero-order valence-corrected chi connectivity index (χ0v) is 8.51. The topological polar surface area (TPSA) is 54.7 Å². The molecule has 0 amide bonds. The number of halogens is 1. The lowest BCUT2D eigenvalue weighted by molar-refractivity contribution is 0.796. The fraction of sp³-hybridized carbons (Fsp3) is 0.300. The van der Waals surface area contributed by atoms with Crippen molar-refractivity contribution < 1.29 is 0 Å². The summed E-state index contributed by atoms with van der Waals surface area (Å²) in [4.78, 5) is 7.63. The summed E-state index contributed by atoms with van der Waals surface area (Å²) >= 11 is 6.00. The second kappa shape index (κ2) is 3.98. The second-order valence-electron chi connectivity index (χ2n) is 3.21. The van der Waals surface area contributed by atoms with Gasteiger partial charge in [0, 0.05) is 6.42 Å². The van der Waals surface area contributed by atoms with E-state index < -0.39 is 0 Å². The van der Waals surface area contributed by atoms with Crippen molar-refractivity contribution in [3.63, 3.8) is 0 Å². The van der Waals surface area contributed by atoms with Gasteiger partial charge in [0.15, 0.2) is 0 Å². The smallest absolute Gasteiger partial charge is 0.107 e. The molecule has 2 rings (SSSR count). The van der Waals surface area contributed by atoms with E-state index in [0.717, 1.165) is 29.7 Å². The van der Waals surface area contributed by atoms with Crippen LogP contribution < -0.4 is 5.73 Å². The first-order valence-electron chi connectivity index (χ1n) is 4.64. The number of aromatic amines is 1. The maximum atomic E-state index is 6.00. The number of nitrogens with two attached hydrogens (primary N) is 1. The lowest BCUT2D eigenvalue weighted by Crippen LogP contribution is -2.01. The van der Waals surface area contributed by atoms with Crippen molar-refractivity contribution in [1.82, 2.24) is 9.97 Å². The number of nitrogens with zero attached hydrogens (tertiary/aromatic N) is 1. The Hall–Kier alpha value is -1.06. The zero-order valence-electron chi connectivity index (χ0n) is 7.76. The van der Waals surface area contributed by atoms with Gasteiger partial charge < -0.3 is 10.7 Å². The lowest BCUT2D eigenvalue weighted by Gasteiger charge is -1.91. The van der Waals surface area contributed by atoms with Crippen LogP contribution in [0.4, 0.5) is 0 Å². The number of H-pyrrole nitrogens is 1. The predicted octanol–water partition coefficient (Wildman–Crippen LogP) is 2.11. The normalized spacial score (nSPS) is 11.0. The third kappa shape index (κ3) is 1.74. The van der Waals surface area contributed by atoms with Crippen molar-refractivity contribution >= 4 is 22.6 Å². The van der Waals surface area contributed by atoms with Crippen LogP contribution in [0, 0.1) is 0 Å². The molecule has 0 spiro atoms. The minimum absolute atomic E-state index is 0.685. The van der Waals surface area contributed by atoms with Gasteiger partial charge in [-0.15, -0.1) is 0 Å². The maximum absolute atomic E-state index is 6.00. The molecule has 3 N–H and O–H groups in total. The van der Waals surface area contributed by atoms with Crippen molar-refractivity contribution in [1.29, 1.82) is 0 Å². The molecule has 0 aliphatic rings. The van der Waals surface area contributed by atoms with E-state index >= 15 is 0 Å². The van der Waals surface area contributed by atoms with Gasteiger partial charge in [-0.1, -0.05) is 17.7 Å². The third-order valence-electron chi connectivity index (χ3n) is 2.13. The first kappa shape index (κ1) is 9.49. The van der Waals surface area contributed by atoms with Crippen LogP contribution in [0.3, 0.4) is 0 Å². The number of hydrogen-bond acceptors (Lipinski definition) is 2. The summed E-state index contributed by atoms with van der Waals surface area (Å²) in [6.07, 6.45) is 1.82. The molecule has 1 aromatic carbocycles. The highest BCUT2D eigenvalue weighted by Crippen LogP contribution is 2.20. The van der Waals surface area contributed by atoms with E-state index in [9.17, 15) is 0 Å². The molecular weight excluding hydrogens is 198 g/mol. The molecule has 1 aromatic heterocycles. The minimum Gasteiger partial charge on any atom is -0.342 e. The molecule has 0 aliphatic carbocycles. The van der Waals surface area contributed by atoms with Crippen LogP contribution in [0.2, 0.25) is 5.02 Å². The number of para-hydroxylation sites is 1. The molecule has 74 valence electrons. The molecule has 2 aromatic rings. The Kier molecular flexibility index (Phi) is 2.70. The Morgan fingerprint density at radius 2 is 2.29 bits per heavy atom. The van der Waals surface area contributed by atoms with E-state index in [-0.39, 0.29) is 0 Å². The molecule has 14 heavy (non-hydrogen) atoms. The van der Waals surface area contributed by atoms with Crippen molar-refractivity contribution in [3.05, 3.63) is 29.0 Å². The number of fused-ring (bicyclic) bond motifs is 1. The first-order valence-corrected chi connectivity index (χ1v) is 5.02. The molecular formula is C10H12ClN3. The molecule has 0 bridgehead atoms. The summed E-state index contributed by atoms with van der Waals surface area (Å²) in [5.74, 6) is 0.957. The monoisotopic (exact) mass is 209 g/mol. The first-order chi connectivity index (χ1) is 6.81. The van der Waals surface area contributed by atoms with Gasteiger partial charge in [0.2, 0.25) is 0 Å². The molecule has 3 nitrogen and oxygen atoms in total. The van der Waals surface area contributed by atoms with Crippen molar-refractivity contribution in [2.75, 3.05) is 6.54 Å². The molecule has 0 saturated carbocycles. The van der Waals surface area contributed by atoms with Crippen LogP contribution in [0.25, 0.3) is 11.0 Å². The average Bonchev–Trinajstić information content (AvgIpc) is 2.59. The van der Waals surface area contributed by atoms with E-state index in [4.69, 9.17) is 17.3 Å². The van der Waals surface area contributed by atoms with Crippen LogP contribution in [-0.4, -0.2) is 16.5 Å². The number of hydrogen-bond donors (Lipinski definition) is 2. The van der Waals surface area contributed by atoms with Gasteiger partial charge in [-0.3, -0.25) is 0 Å². The van der Waals surface area contributed by atoms with Crippen molar-refractivity contribution in [3.8, 4) is 0 Å². The summed E-state index contributed by atoms with van der Waals surface area (Å²) < 4.78 is 0. The highest BCUT2D eigenvalue weighted by atomic mass is 35.5. The maximum Gasteiger partial charge on any atom is 0.107 e. The Morgan fingerprint density at radius 3 is 3.00 bits per heavy atom. The van der Waals surface area contributed by atoms with E-state index in [1.807, 2.05) is 18.2 Å². The average molecular weight is 210 g/mol. The second-order valence-corrected chi connectivity index (χ2v) is 3.62. The highest BCUT2D eigenvalue weighted by molar-refractivity contribution is 6.34. The third-order valence-corrected chi connectivity index (χ3v) is 2.44. The minimum atomic E-state index is 0.685. The molecule has 0 atom stereocenters. The summed E-state index contributed by atoms with van der Waals surface area (Å²) in [5.41, 5.74) is 7.27. The van der Waals surface area contributed by atoms with Crippen LogP contribution in [0.1, 0.15) is 12.2 Å². The highest BCUT2D eigenvalue weighted by Gasteiger charge is 2.04. The van der Waals surface area contributed by atoms with Crippen molar-refractivity contribution in [2.45, 2.75) is 12.8 Å².